The molecule has 0 atom stereocenters. The van der Waals surface area contributed by atoms with Gasteiger partial charge in [-0.2, -0.15) is 18.4 Å². The van der Waals surface area contributed by atoms with Crippen LogP contribution in [0.1, 0.15) is 18.7 Å². The lowest BCUT2D eigenvalue weighted by molar-refractivity contribution is -0.147. The first-order valence-electron chi connectivity index (χ1n) is 4.43. The van der Waals surface area contributed by atoms with Crippen LogP contribution in [0, 0.1) is 11.3 Å². The van der Waals surface area contributed by atoms with Crippen molar-refractivity contribution in [3.63, 3.8) is 0 Å². The Morgan fingerprint density at radius 3 is 2.62 bits per heavy atom. The molecule has 0 N–H and O–H groups in total. The highest BCUT2D eigenvalue weighted by Crippen LogP contribution is 2.29. The van der Waals surface area contributed by atoms with E-state index >= 15 is 0 Å². The molecule has 88 valence electrons. The molecule has 0 aromatic carbocycles. The number of hydrogen-bond donors (Lipinski definition) is 0. The van der Waals surface area contributed by atoms with E-state index in [0.717, 1.165) is 16.3 Å². The van der Waals surface area contributed by atoms with Crippen molar-refractivity contribution in [2.24, 2.45) is 7.05 Å². The van der Waals surface area contributed by atoms with E-state index in [2.05, 4.69) is 10.2 Å². The van der Waals surface area contributed by atoms with E-state index in [1.807, 2.05) is 6.07 Å². The number of alkyl halides is 3. The monoisotopic (exact) mass is 250 g/mol. The SMILES string of the molecule is Cn1c(SCCCC#N)nnc1C(F)(F)F. The maximum atomic E-state index is 12.3. The summed E-state index contributed by atoms with van der Waals surface area (Å²) < 4.78 is 37.9. The van der Waals surface area contributed by atoms with Gasteiger partial charge in [0, 0.05) is 19.2 Å². The van der Waals surface area contributed by atoms with E-state index in [0.29, 0.717) is 18.6 Å². The average Bonchev–Trinajstić information content (AvgIpc) is 2.54. The maximum absolute atomic E-state index is 12.3. The van der Waals surface area contributed by atoms with Crippen molar-refractivity contribution in [3.05, 3.63) is 5.82 Å². The van der Waals surface area contributed by atoms with E-state index in [9.17, 15) is 13.2 Å². The average molecular weight is 250 g/mol. The minimum atomic E-state index is -4.48. The van der Waals surface area contributed by atoms with Gasteiger partial charge in [0.1, 0.15) is 0 Å². The maximum Gasteiger partial charge on any atom is 0.451 e. The molecule has 16 heavy (non-hydrogen) atoms. The lowest BCUT2D eigenvalue weighted by Crippen LogP contribution is -2.12. The zero-order valence-electron chi connectivity index (χ0n) is 8.45. The summed E-state index contributed by atoms with van der Waals surface area (Å²) >= 11 is 1.16. The van der Waals surface area contributed by atoms with Crippen LogP contribution in [0.3, 0.4) is 0 Å². The Bertz CT molecular complexity index is 393. The summed E-state index contributed by atoms with van der Waals surface area (Å²) in [5.41, 5.74) is 0. The molecule has 0 unspecified atom stereocenters. The topological polar surface area (TPSA) is 54.5 Å². The fourth-order valence-electron chi connectivity index (χ4n) is 1.00. The Morgan fingerprint density at radius 1 is 1.44 bits per heavy atom. The minimum absolute atomic E-state index is 0.213. The summed E-state index contributed by atoms with van der Waals surface area (Å²) in [5, 5.41) is 15.0. The van der Waals surface area contributed by atoms with Gasteiger partial charge in [0.05, 0.1) is 6.07 Å². The van der Waals surface area contributed by atoms with Gasteiger partial charge in [-0.15, -0.1) is 10.2 Å². The quantitative estimate of drug-likeness (QED) is 0.607. The molecule has 0 saturated heterocycles. The van der Waals surface area contributed by atoms with Crippen LogP contribution >= 0.6 is 11.8 Å². The number of halogens is 3. The molecule has 0 amide bonds. The summed E-state index contributed by atoms with van der Waals surface area (Å²) in [6, 6.07) is 1.96. The van der Waals surface area contributed by atoms with Gasteiger partial charge in [-0.3, -0.25) is 0 Å². The fraction of sp³-hybridized carbons (Fsp3) is 0.625. The third-order valence-electron chi connectivity index (χ3n) is 1.75. The molecule has 4 nitrogen and oxygen atoms in total. The summed E-state index contributed by atoms with van der Waals surface area (Å²) in [5.74, 6) is -0.451. The molecule has 0 radical (unpaired) electrons. The van der Waals surface area contributed by atoms with Gasteiger partial charge in [-0.1, -0.05) is 11.8 Å². The normalized spacial score (nSPS) is 11.4. The van der Waals surface area contributed by atoms with Gasteiger partial charge in [-0.25, -0.2) is 0 Å². The van der Waals surface area contributed by atoms with Crippen molar-refractivity contribution in [1.29, 1.82) is 5.26 Å². The molecule has 0 spiro atoms. The molecule has 0 fully saturated rings. The summed E-state index contributed by atoms with van der Waals surface area (Å²) in [6.45, 7) is 0. The van der Waals surface area contributed by atoms with Crippen LogP contribution in [0.25, 0.3) is 0 Å². The summed E-state index contributed by atoms with van der Waals surface area (Å²) in [6.07, 6.45) is -3.47. The Balaban J connectivity index is 2.63. The van der Waals surface area contributed by atoms with Crippen molar-refractivity contribution in [2.75, 3.05) is 5.75 Å². The Morgan fingerprint density at radius 2 is 2.12 bits per heavy atom. The van der Waals surface area contributed by atoms with Gasteiger partial charge in [0.15, 0.2) is 5.16 Å². The van der Waals surface area contributed by atoms with E-state index < -0.39 is 12.0 Å². The van der Waals surface area contributed by atoms with Gasteiger partial charge in [0.25, 0.3) is 0 Å². The van der Waals surface area contributed by atoms with Crippen LogP contribution in [-0.4, -0.2) is 20.5 Å². The molecule has 1 aromatic rings. The first kappa shape index (κ1) is 12.8. The van der Waals surface area contributed by atoms with E-state index in [1.54, 1.807) is 0 Å². The predicted octanol–water partition coefficient (Wildman–Crippen LogP) is 2.23. The zero-order chi connectivity index (χ0) is 12.2. The standard InChI is InChI=1S/C8H9F3N4S/c1-15-6(8(9,10)11)13-14-7(15)16-5-3-2-4-12/h2-3,5H2,1H3. The van der Waals surface area contributed by atoms with Gasteiger partial charge in [-0.05, 0) is 6.42 Å². The molecule has 0 saturated carbocycles. The molecule has 1 rings (SSSR count). The number of unbranched alkanes of at least 4 members (excludes halogenated alkanes) is 1. The van der Waals surface area contributed by atoms with Gasteiger partial charge in [0.2, 0.25) is 5.82 Å². The lowest BCUT2D eigenvalue weighted by Gasteiger charge is -2.05. The lowest BCUT2D eigenvalue weighted by atomic mass is 10.4. The number of nitrogens with zero attached hydrogens (tertiary/aromatic N) is 4. The van der Waals surface area contributed by atoms with Gasteiger partial charge < -0.3 is 4.57 Å². The smallest absolute Gasteiger partial charge is 0.302 e. The van der Waals surface area contributed by atoms with Crippen LogP contribution in [0.2, 0.25) is 0 Å². The van der Waals surface area contributed by atoms with E-state index in [1.165, 1.54) is 7.05 Å². The van der Waals surface area contributed by atoms with E-state index in [4.69, 9.17) is 5.26 Å². The number of thioether (sulfide) groups is 1. The minimum Gasteiger partial charge on any atom is -0.302 e. The molecular formula is C8H9F3N4S. The Hall–Kier alpha value is -1.23. The largest absolute Gasteiger partial charge is 0.451 e. The highest BCUT2D eigenvalue weighted by Gasteiger charge is 2.37. The van der Waals surface area contributed by atoms with Gasteiger partial charge >= 0.3 is 6.18 Å². The van der Waals surface area contributed by atoms with Crippen molar-refractivity contribution >= 4 is 11.8 Å². The van der Waals surface area contributed by atoms with E-state index in [-0.39, 0.29) is 5.16 Å². The summed E-state index contributed by atoms with van der Waals surface area (Å²) in [7, 11) is 1.27. The molecule has 0 aliphatic heterocycles. The second-order valence-corrected chi connectivity index (χ2v) is 4.04. The molecule has 8 heteroatoms. The zero-order valence-corrected chi connectivity index (χ0v) is 9.27. The highest BCUT2D eigenvalue weighted by molar-refractivity contribution is 7.99. The van der Waals surface area contributed by atoms with Crippen LogP contribution in [0.15, 0.2) is 5.16 Å². The highest BCUT2D eigenvalue weighted by atomic mass is 32.2. The molecule has 0 aliphatic carbocycles. The number of hydrogen-bond acceptors (Lipinski definition) is 4. The summed E-state index contributed by atoms with van der Waals surface area (Å²) in [4.78, 5) is 0. The Kier molecular flexibility index (Phi) is 4.18. The van der Waals surface area contributed by atoms with Crippen molar-refractivity contribution in [1.82, 2.24) is 14.8 Å². The Labute approximate surface area is 94.5 Å². The number of nitriles is 1. The third-order valence-corrected chi connectivity index (χ3v) is 2.86. The number of aromatic nitrogens is 3. The van der Waals surface area contributed by atoms with Crippen LogP contribution in [0.5, 0.6) is 0 Å². The number of rotatable bonds is 4. The second kappa shape index (κ2) is 5.21. The fourth-order valence-corrected chi connectivity index (χ4v) is 1.85. The molecule has 0 bridgehead atoms. The molecule has 1 aromatic heterocycles. The van der Waals surface area contributed by atoms with Crippen molar-refractivity contribution in [2.45, 2.75) is 24.2 Å². The van der Waals surface area contributed by atoms with Crippen molar-refractivity contribution in [3.8, 4) is 6.07 Å². The molecule has 0 aliphatic rings. The van der Waals surface area contributed by atoms with Crippen molar-refractivity contribution < 1.29 is 13.2 Å². The third kappa shape index (κ3) is 3.13. The first-order chi connectivity index (χ1) is 7.46. The predicted molar refractivity (Wildman–Crippen MR) is 51.6 cm³/mol. The molecule has 1 heterocycles. The second-order valence-electron chi connectivity index (χ2n) is 2.97. The first-order valence-corrected chi connectivity index (χ1v) is 5.41. The van der Waals surface area contributed by atoms with Crippen LogP contribution in [-0.2, 0) is 13.2 Å². The van der Waals surface area contributed by atoms with Crippen LogP contribution in [0.4, 0.5) is 13.2 Å². The molecular weight excluding hydrogens is 241 g/mol. The van der Waals surface area contributed by atoms with Crippen LogP contribution < -0.4 is 0 Å².